The number of anilines is 1. The molecule has 1 aromatic carbocycles. The van der Waals surface area contributed by atoms with Gasteiger partial charge in [-0.25, -0.2) is 0 Å². The van der Waals surface area contributed by atoms with Gasteiger partial charge in [0.05, 0.1) is 11.8 Å². The van der Waals surface area contributed by atoms with Gasteiger partial charge in [0.1, 0.15) is 6.07 Å². The summed E-state index contributed by atoms with van der Waals surface area (Å²) in [7, 11) is 0. The van der Waals surface area contributed by atoms with Crippen molar-refractivity contribution < 1.29 is 0 Å². The molecule has 9 heteroatoms. The standard InChI is InChI=1S/C14H12N8S/c15-9-11-6-8-18-21-13(11)19-14(23)17-7-5-10-3-1-2-4-12(10)20-22-16/h1-4,6,8H,5,7H2,(H2,17,19,21,23). The molecule has 2 aromatic rings. The molecule has 0 aliphatic carbocycles. The number of benzene rings is 1. The Balaban J connectivity index is 1.91. The van der Waals surface area contributed by atoms with Crippen molar-refractivity contribution in [2.75, 3.05) is 11.9 Å². The lowest BCUT2D eigenvalue weighted by Gasteiger charge is -2.11. The monoisotopic (exact) mass is 324 g/mol. The molecular formula is C14H12N8S. The fourth-order valence-corrected chi connectivity index (χ4v) is 2.04. The third-order valence-corrected chi connectivity index (χ3v) is 3.14. The van der Waals surface area contributed by atoms with Crippen molar-refractivity contribution in [1.29, 1.82) is 5.26 Å². The number of hydrogen-bond donors (Lipinski definition) is 2. The average molecular weight is 324 g/mol. The van der Waals surface area contributed by atoms with E-state index >= 15 is 0 Å². The van der Waals surface area contributed by atoms with E-state index in [1.54, 1.807) is 12.1 Å². The first-order chi connectivity index (χ1) is 11.2. The van der Waals surface area contributed by atoms with Gasteiger partial charge in [-0.3, -0.25) is 0 Å². The summed E-state index contributed by atoms with van der Waals surface area (Å²) in [4.78, 5) is 2.81. The number of aromatic nitrogens is 2. The largest absolute Gasteiger partial charge is 0.362 e. The van der Waals surface area contributed by atoms with Gasteiger partial charge in [-0.15, -0.1) is 5.10 Å². The second-order valence-corrected chi connectivity index (χ2v) is 4.76. The smallest absolute Gasteiger partial charge is 0.172 e. The van der Waals surface area contributed by atoms with Crippen LogP contribution in [0.15, 0.2) is 41.6 Å². The molecule has 0 saturated carbocycles. The van der Waals surface area contributed by atoms with Crippen LogP contribution in [0.5, 0.6) is 0 Å². The molecule has 0 atom stereocenters. The predicted molar refractivity (Wildman–Crippen MR) is 89.9 cm³/mol. The molecule has 23 heavy (non-hydrogen) atoms. The van der Waals surface area contributed by atoms with E-state index in [4.69, 9.17) is 23.0 Å². The molecule has 0 amide bonds. The molecule has 2 N–H and O–H groups in total. The first-order valence-electron chi connectivity index (χ1n) is 6.64. The number of thiocarbonyl (C=S) groups is 1. The lowest BCUT2D eigenvalue weighted by atomic mass is 10.1. The van der Waals surface area contributed by atoms with Crippen LogP contribution >= 0.6 is 12.2 Å². The summed E-state index contributed by atoms with van der Waals surface area (Å²) in [6.07, 6.45) is 2.06. The van der Waals surface area contributed by atoms with Gasteiger partial charge in [-0.2, -0.15) is 10.4 Å². The number of rotatable bonds is 5. The van der Waals surface area contributed by atoms with Crippen molar-refractivity contribution >= 4 is 28.8 Å². The Morgan fingerprint density at radius 2 is 2.22 bits per heavy atom. The summed E-state index contributed by atoms with van der Waals surface area (Å²) in [5.74, 6) is 0.307. The summed E-state index contributed by atoms with van der Waals surface area (Å²) in [5.41, 5.74) is 10.4. The van der Waals surface area contributed by atoms with E-state index in [0.717, 1.165) is 5.56 Å². The normalized spacial score (nSPS) is 9.35. The minimum atomic E-state index is 0.307. The van der Waals surface area contributed by atoms with Crippen LogP contribution < -0.4 is 10.6 Å². The van der Waals surface area contributed by atoms with Crippen LogP contribution in [-0.2, 0) is 6.42 Å². The molecule has 0 saturated heterocycles. The van der Waals surface area contributed by atoms with Crippen molar-refractivity contribution in [3.05, 3.63) is 58.1 Å². The van der Waals surface area contributed by atoms with Crippen LogP contribution in [0.4, 0.5) is 11.5 Å². The number of azide groups is 1. The Hall–Kier alpha value is -3.21. The van der Waals surface area contributed by atoms with Crippen LogP contribution in [0, 0.1) is 11.3 Å². The van der Waals surface area contributed by atoms with Crippen molar-refractivity contribution in [2.24, 2.45) is 5.11 Å². The summed E-state index contributed by atoms with van der Waals surface area (Å²) in [6.45, 7) is 0.534. The molecule has 0 aliphatic rings. The molecule has 1 heterocycles. The van der Waals surface area contributed by atoms with Crippen molar-refractivity contribution in [3.63, 3.8) is 0 Å². The highest BCUT2D eigenvalue weighted by Gasteiger charge is 2.06. The van der Waals surface area contributed by atoms with Gasteiger partial charge < -0.3 is 10.6 Å². The van der Waals surface area contributed by atoms with E-state index in [-0.39, 0.29) is 0 Å². The van der Waals surface area contributed by atoms with Gasteiger partial charge in [0.15, 0.2) is 10.9 Å². The quantitative estimate of drug-likeness (QED) is 0.377. The highest BCUT2D eigenvalue weighted by atomic mass is 32.1. The van der Waals surface area contributed by atoms with Crippen LogP contribution in [0.3, 0.4) is 0 Å². The van der Waals surface area contributed by atoms with Gasteiger partial charge in [-0.05, 0) is 35.8 Å². The Morgan fingerprint density at radius 3 is 3.00 bits per heavy atom. The molecule has 0 bridgehead atoms. The summed E-state index contributed by atoms with van der Waals surface area (Å²) < 4.78 is 0. The fourth-order valence-electron chi connectivity index (χ4n) is 1.84. The zero-order valence-corrected chi connectivity index (χ0v) is 12.8. The zero-order valence-electron chi connectivity index (χ0n) is 12.0. The second-order valence-electron chi connectivity index (χ2n) is 4.35. The van der Waals surface area contributed by atoms with Crippen molar-refractivity contribution in [3.8, 4) is 6.07 Å². The third-order valence-electron chi connectivity index (χ3n) is 2.90. The lowest BCUT2D eigenvalue weighted by Crippen LogP contribution is -2.30. The number of nitrogens with one attached hydrogen (secondary N) is 2. The van der Waals surface area contributed by atoms with Crippen molar-refractivity contribution in [1.82, 2.24) is 15.5 Å². The predicted octanol–water partition coefficient (Wildman–Crippen LogP) is 2.82. The Morgan fingerprint density at radius 1 is 1.39 bits per heavy atom. The lowest BCUT2D eigenvalue weighted by molar-refractivity contribution is 0.871. The van der Waals surface area contributed by atoms with E-state index in [9.17, 15) is 0 Å². The second kappa shape index (κ2) is 8.29. The zero-order chi connectivity index (χ0) is 16.5. The molecule has 0 unspecified atom stereocenters. The van der Waals surface area contributed by atoms with E-state index < -0.39 is 0 Å². The summed E-state index contributed by atoms with van der Waals surface area (Å²) >= 11 is 5.16. The SMILES string of the molecule is N#Cc1ccnnc1NC(=S)NCCc1ccccc1N=[N+]=[N-]. The van der Waals surface area contributed by atoms with Crippen LogP contribution in [-0.4, -0.2) is 21.9 Å². The van der Waals surface area contributed by atoms with Gasteiger partial charge in [0.2, 0.25) is 0 Å². The number of nitrogens with zero attached hydrogens (tertiary/aromatic N) is 6. The maximum atomic E-state index is 8.98. The highest BCUT2D eigenvalue weighted by Crippen LogP contribution is 2.18. The number of nitriles is 1. The molecule has 2 rings (SSSR count). The average Bonchev–Trinajstić information content (AvgIpc) is 2.57. The minimum Gasteiger partial charge on any atom is -0.362 e. The molecule has 0 fully saturated rings. The van der Waals surface area contributed by atoms with Gasteiger partial charge in [0.25, 0.3) is 0 Å². The fraction of sp³-hybridized carbons (Fsp3) is 0.143. The van der Waals surface area contributed by atoms with E-state index in [0.29, 0.717) is 35.1 Å². The van der Waals surface area contributed by atoms with Crippen LogP contribution in [0.25, 0.3) is 10.4 Å². The molecular weight excluding hydrogens is 312 g/mol. The summed E-state index contributed by atoms with van der Waals surface area (Å²) in [6, 6.07) is 10.9. The van der Waals surface area contributed by atoms with Crippen LogP contribution in [0.2, 0.25) is 0 Å². The Labute approximate surface area is 137 Å². The number of hydrogen-bond acceptors (Lipinski definition) is 5. The van der Waals surface area contributed by atoms with E-state index in [2.05, 4.69) is 30.9 Å². The first kappa shape index (κ1) is 16.2. The van der Waals surface area contributed by atoms with Crippen LogP contribution in [0.1, 0.15) is 11.1 Å². The topological polar surface area (TPSA) is 122 Å². The molecule has 8 nitrogen and oxygen atoms in total. The van der Waals surface area contributed by atoms with Gasteiger partial charge >= 0.3 is 0 Å². The first-order valence-corrected chi connectivity index (χ1v) is 7.05. The molecule has 0 spiro atoms. The van der Waals surface area contributed by atoms with Gasteiger partial charge in [-0.1, -0.05) is 29.4 Å². The third kappa shape index (κ3) is 4.64. The van der Waals surface area contributed by atoms with E-state index in [1.807, 2.05) is 24.3 Å². The van der Waals surface area contributed by atoms with Gasteiger partial charge in [0, 0.05) is 17.1 Å². The maximum Gasteiger partial charge on any atom is 0.172 e. The molecule has 0 radical (unpaired) electrons. The maximum absolute atomic E-state index is 8.98. The van der Waals surface area contributed by atoms with E-state index in [1.165, 1.54) is 6.20 Å². The molecule has 0 aliphatic heterocycles. The minimum absolute atomic E-state index is 0.307. The Bertz CT molecular complexity index is 791. The molecule has 1 aromatic heterocycles. The van der Waals surface area contributed by atoms with Crippen molar-refractivity contribution in [2.45, 2.75) is 6.42 Å². The molecule has 114 valence electrons. The summed E-state index contributed by atoms with van der Waals surface area (Å²) in [5, 5.41) is 26.3. The highest BCUT2D eigenvalue weighted by molar-refractivity contribution is 7.80. The Kier molecular flexibility index (Phi) is 5.82.